The summed E-state index contributed by atoms with van der Waals surface area (Å²) in [7, 11) is -3.80. The van der Waals surface area contributed by atoms with Crippen molar-refractivity contribution >= 4 is 19.0 Å². The van der Waals surface area contributed by atoms with Crippen molar-refractivity contribution in [3.63, 3.8) is 0 Å². The molecule has 0 bridgehead atoms. The molecule has 6 N–H and O–H groups in total. The minimum absolute atomic E-state index is 0.448. The first-order chi connectivity index (χ1) is 19.0. The summed E-state index contributed by atoms with van der Waals surface area (Å²) in [5, 5.41) is 6.74. The van der Waals surface area contributed by atoms with Gasteiger partial charge in [0.1, 0.15) is 5.75 Å². The normalized spacial score (nSPS) is 14.2. The van der Waals surface area contributed by atoms with Crippen LogP contribution >= 0.6 is 7.67 Å². The molecule has 196 valence electrons. The average Bonchev–Trinajstić information content (AvgIpc) is 2.97. The third kappa shape index (κ3) is 6.75. The molecule has 0 amide bonds. The van der Waals surface area contributed by atoms with E-state index in [2.05, 4.69) is 10.2 Å². The zero-order valence-electron chi connectivity index (χ0n) is 21.4. The standard InChI is InChI=1S/C32H31N4O2P/c33-28-20-16-26(17-21-28)31(24-10-4-1-5-11-24)35-39(37,38-30-14-8-3-9-15-30)36-32(25-12-6-2-7-13-25)27-18-22-29(34)23-19-27/h1-23,31-32H,33-34H2,(H2,35,36,37). The number of para-hydroxylation sites is 1. The molecule has 0 aliphatic heterocycles. The maximum atomic E-state index is 14.9. The number of nitrogens with one attached hydrogen (secondary N) is 2. The summed E-state index contributed by atoms with van der Waals surface area (Å²) >= 11 is 0. The molecule has 0 heterocycles. The minimum atomic E-state index is -3.80. The molecule has 0 aliphatic carbocycles. The molecule has 2 atom stereocenters. The Hall–Kier alpha value is -4.35. The van der Waals surface area contributed by atoms with Crippen molar-refractivity contribution in [1.82, 2.24) is 10.2 Å². The fourth-order valence-corrected chi connectivity index (χ4v) is 6.29. The molecule has 0 saturated heterocycles. The lowest BCUT2D eigenvalue weighted by molar-refractivity contribution is 0.438. The van der Waals surface area contributed by atoms with Crippen LogP contribution in [0.3, 0.4) is 0 Å². The van der Waals surface area contributed by atoms with Gasteiger partial charge in [-0.05, 0) is 58.7 Å². The maximum absolute atomic E-state index is 14.9. The second-order valence-corrected chi connectivity index (χ2v) is 11.0. The van der Waals surface area contributed by atoms with Crippen molar-refractivity contribution in [3.8, 4) is 5.75 Å². The van der Waals surface area contributed by atoms with Gasteiger partial charge in [0.25, 0.3) is 0 Å². The summed E-state index contributed by atoms with van der Waals surface area (Å²) in [4.78, 5) is 0. The van der Waals surface area contributed by atoms with Crippen molar-refractivity contribution in [2.24, 2.45) is 0 Å². The lowest BCUT2D eigenvalue weighted by Crippen LogP contribution is -2.32. The van der Waals surface area contributed by atoms with Crippen LogP contribution in [0.15, 0.2) is 140 Å². The fourth-order valence-electron chi connectivity index (χ4n) is 4.41. The molecule has 0 fully saturated rings. The number of hydrogen-bond acceptors (Lipinski definition) is 4. The van der Waals surface area contributed by atoms with Gasteiger partial charge >= 0.3 is 7.67 Å². The van der Waals surface area contributed by atoms with Crippen LogP contribution in [-0.4, -0.2) is 0 Å². The highest BCUT2D eigenvalue weighted by Gasteiger charge is 2.34. The van der Waals surface area contributed by atoms with Crippen LogP contribution in [-0.2, 0) is 4.57 Å². The third-order valence-corrected chi connectivity index (χ3v) is 8.04. The zero-order chi connectivity index (χ0) is 27.1. The maximum Gasteiger partial charge on any atom is 0.392 e. The van der Waals surface area contributed by atoms with E-state index < -0.39 is 19.8 Å². The summed E-state index contributed by atoms with van der Waals surface area (Å²) < 4.78 is 21.2. The van der Waals surface area contributed by atoms with Gasteiger partial charge < -0.3 is 16.0 Å². The highest BCUT2D eigenvalue weighted by molar-refractivity contribution is 7.55. The van der Waals surface area contributed by atoms with E-state index in [4.69, 9.17) is 16.0 Å². The Morgan fingerprint density at radius 2 is 0.821 bits per heavy atom. The Balaban J connectivity index is 1.59. The molecule has 39 heavy (non-hydrogen) atoms. The molecule has 5 aromatic carbocycles. The van der Waals surface area contributed by atoms with E-state index in [0.717, 1.165) is 22.3 Å². The Kier molecular flexibility index (Phi) is 8.09. The number of rotatable bonds is 10. The monoisotopic (exact) mass is 534 g/mol. The Bertz CT molecular complexity index is 1420. The van der Waals surface area contributed by atoms with E-state index in [1.807, 2.05) is 127 Å². The van der Waals surface area contributed by atoms with Crippen molar-refractivity contribution in [1.29, 1.82) is 0 Å². The molecule has 5 aromatic rings. The second-order valence-electron chi connectivity index (χ2n) is 9.23. The van der Waals surface area contributed by atoms with Gasteiger partial charge in [-0.2, -0.15) is 0 Å². The highest BCUT2D eigenvalue weighted by Crippen LogP contribution is 2.46. The van der Waals surface area contributed by atoms with Gasteiger partial charge in [-0.25, -0.2) is 14.7 Å². The van der Waals surface area contributed by atoms with Gasteiger partial charge in [-0.1, -0.05) is 103 Å². The quantitative estimate of drug-likeness (QED) is 0.113. The molecule has 5 rings (SSSR count). The molecule has 6 nitrogen and oxygen atoms in total. The van der Waals surface area contributed by atoms with Crippen LogP contribution in [0.5, 0.6) is 5.75 Å². The predicted octanol–water partition coefficient (Wildman–Crippen LogP) is 7.10. The van der Waals surface area contributed by atoms with Crippen LogP contribution < -0.4 is 26.2 Å². The molecule has 0 radical (unpaired) electrons. The van der Waals surface area contributed by atoms with E-state index in [1.54, 1.807) is 12.1 Å². The summed E-state index contributed by atoms with van der Waals surface area (Å²) in [6.45, 7) is 0. The smallest absolute Gasteiger partial charge is 0.392 e. The SMILES string of the molecule is Nc1ccc(C(NP(=O)(NC(c2ccccc2)c2ccc(N)cc2)Oc2ccccc2)c2ccccc2)cc1. The van der Waals surface area contributed by atoms with Gasteiger partial charge in [-0.3, -0.25) is 0 Å². The summed E-state index contributed by atoms with van der Waals surface area (Å²) in [5.41, 5.74) is 16.9. The van der Waals surface area contributed by atoms with E-state index in [9.17, 15) is 4.57 Å². The van der Waals surface area contributed by atoms with E-state index in [0.29, 0.717) is 17.1 Å². The zero-order valence-corrected chi connectivity index (χ0v) is 22.2. The molecule has 0 aromatic heterocycles. The number of hydrogen-bond donors (Lipinski definition) is 4. The largest absolute Gasteiger partial charge is 0.422 e. The first-order valence-corrected chi connectivity index (χ1v) is 14.3. The van der Waals surface area contributed by atoms with Crippen LogP contribution in [0.1, 0.15) is 34.3 Å². The number of nitrogen functional groups attached to an aromatic ring is 2. The van der Waals surface area contributed by atoms with Gasteiger partial charge in [-0.15, -0.1) is 0 Å². The topological polar surface area (TPSA) is 102 Å². The molecule has 0 aliphatic rings. The van der Waals surface area contributed by atoms with E-state index in [-0.39, 0.29) is 0 Å². The van der Waals surface area contributed by atoms with Crippen LogP contribution in [0.4, 0.5) is 11.4 Å². The summed E-state index contributed by atoms with van der Waals surface area (Å²) in [6.07, 6.45) is 0. The van der Waals surface area contributed by atoms with Crippen LogP contribution in [0.2, 0.25) is 0 Å². The number of nitrogens with two attached hydrogens (primary N) is 2. The molecule has 0 spiro atoms. The summed E-state index contributed by atoms with van der Waals surface area (Å²) in [5.74, 6) is 0.481. The molecular weight excluding hydrogens is 503 g/mol. The average molecular weight is 535 g/mol. The Morgan fingerprint density at radius 3 is 1.21 bits per heavy atom. The van der Waals surface area contributed by atoms with Crippen molar-refractivity contribution in [3.05, 3.63) is 162 Å². The van der Waals surface area contributed by atoms with Crippen LogP contribution in [0.25, 0.3) is 0 Å². The first kappa shape index (κ1) is 26.3. The van der Waals surface area contributed by atoms with Gasteiger partial charge in [0.15, 0.2) is 0 Å². The van der Waals surface area contributed by atoms with E-state index >= 15 is 0 Å². The van der Waals surface area contributed by atoms with Gasteiger partial charge in [0.2, 0.25) is 0 Å². The van der Waals surface area contributed by atoms with Gasteiger partial charge in [0, 0.05) is 11.4 Å². The predicted molar refractivity (Wildman–Crippen MR) is 159 cm³/mol. The fraction of sp³-hybridized carbons (Fsp3) is 0.0625. The van der Waals surface area contributed by atoms with Gasteiger partial charge in [0.05, 0.1) is 12.1 Å². The first-order valence-electron chi connectivity index (χ1n) is 12.7. The minimum Gasteiger partial charge on any atom is -0.422 e. The number of anilines is 2. The molecular formula is C32H31N4O2P. The Morgan fingerprint density at radius 1 is 0.487 bits per heavy atom. The lowest BCUT2D eigenvalue weighted by atomic mass is 9.99. The van der Waals surface area contributed by atoms with Crippen molar-refractivity contribution < 1.29 is 9.09 Å². The lowest BCUT2D eigenvalue weighted by Gasteiger charge is -2.31. The highest BCUT2D eigenvalue weighted by atomic mass is 31.2. The van der Waals surface area contributed by atoms with E-state index in [1.165, 1.54) is 0 Å². The molecule has 0 saturated carbocycles. The molecule has 7 heteroatoms. The third-order valence-electron chi connectivity index (χ3n) is 6.38. The van der Waals surface area contributed by atoms with Crippen LogP contribution in [0, 0.1) is 0 Å². The summed E-state index contributed by atoms with van der Waals surface area (Å²) in [6, 6.07) is 43.1. The van der Waals surface area contributed by atoms with Crippen molar-refractivity contribution in [2.75, 3.05) is 11.5 Å². The second kappa shape index (κ2) is 12.0. The van der Waals surface area contributed by atoms with Crippen molar-refractivity contribution in [2.45, 2.75) is 12.1 Å². The number of benzene rings is 5. The molecule has 2 unspecified atom stereocenters. The Labute approximate surface area is 229 Å².